The van der Waals surface area contributed by atoms with Crippen LogP contribution >= 0.6 is 0 Å². The number of hydrogen-bond donors (Lipinski definition) is 1. The van der Waals surface area contributed by atoms with Crippen LogP contribution in [0.3, 0.4) is 0 Å². The standard InChI is InChI=1S/C16H19NO2/c1-3-16(19-2,11-15(17)18)14-10-6-8-12-7-4-5-9-13(12)14/h4-10H,3,11H2,1-2H3,(H2,17,18). The highest BCUT2D eigenvalue weighted by Crippen LogP contribution is 2.36. The first-order valence-electron chi connectivity index (χ1n) is 6.44. The highest BCUT2D eigenvalue weighted by atomic mass is 16.5. The van der Waals surface area contributed by atoms with Gasteiger partial charge in [-0.3, -0.25) is 4.79 Å². The lowest BCUT2D eigenvalue weighted by Gasteiger charge is -2.32. The first-order chi connectivity index (χ1) is 9.13. The molecule has 19 heavy (non-hydrogen) atoms. The Hall–Kier alpha value is -1.87. The molecule has 3 heteroatoms. The van der Waals surface area contributed by atoms with Crippen molar-refractivity contribution in [1.82, 2.24) is 0 Å². The zero-order chi connectivity index (χ0) is 13.9. The number of primary amides is 1. The third-order valence-electron chi connectivity index (χ3n) is 3.70. The van der Waals surface area contributed by atoms with Gasteiger partial charge in [-0.1, -0.05) is 49.4 Å². The van der Waals surface area contributed by atoms with E-state index in [1.807, 2.05) is 31.2 Å². The van der Waals surface area contributed by atoms with Crippen LogP contribution in [-0.2, 0) is 15.1 Å². The molecule has 2 N–H and O–H groups in total. The Morgan fingerprint density at radius 2 is 1.89 bits per heavy atom. The minimum Gasteiger partial charge on any atom is -0.373 e. The van der Waals surface area contributed by atoms with Crippen LogP contribution < -0.4 is 5.73 Å². The molecule has 1 atom stereocenters. The molecule has 0 spiro atoms. The Kier molecular flexibility index (Phi) is 3.86. The average Bonchev–Trinajstić information content (AvgIpc) is 2.44. The molecule has 2 rings (SSSR count). The van der Waals surface area contributed by atoms with Crippen molar-refractivity contribution in [2.75, 3.05) is 7.11 Å². The molecule has 0 aliphatic carbocycles. The van der Waals surface area contributed by atoms with Gasteiger partial charge >= 0.3 is 0 Å². The van der Waals surface area contributed by atoms with E-state index in [-0.39, 0.29) is 12.3 Å². The molecule has 0 aromatic heterocycles. The number of ether oxygens (including phenoxy) is 1. The van der Waals surface area contributed by atoms with E-state index in [9.17, 15) is 4.79 Å². The van der Waals surface area contributed by atoms with E-state index in [1.54, 1.807) is 7.11 Å². The molecule has 0 saturated heterocycles. The van der Waals surface area contributed by atoms with Crippen molar-refractivity contribution in [3.63, 3.8) is 0 Å². The maximum absolute atomic E-state index is 11.4. The highest BCUT2D eigenvalue weighted by Gasteiger charge is 2.33. The molecule has 1 amide bonds. The van der Waals surface area contributed by atoms with Crippen molar-refractivity contribution in [3.8, 4) is 0 Å². The number of amides is 1. The van der Waals surface area contributed by atoms with Crippen molar-refractivity contribution in [1.29, 1.82) is 0 Å². The summed E-state index contributed by atoms with van der Waals surface area (Å²) in [4.78, 5) is 11.4. The molecule has 0 radical (unpaired) electrons. The number of rotatable bonds is 5. The largest absolute Gasteiger partial charge is 0.373 e. The monoisotopic (exact) mass is 257 g/mol. The number of hydrogen-bond acceptors (Lipinski definition) is 2. The smallest absolute Gasteiger partial charge is 0.220 e. The molecular formula is C16H19NO2. The van der Waals surface area contributed by atoms with Gasteiger partial charge in [0.15, 0.2) is 0 Å². The summed E-state index contributed by atoms with van der Waals surface area (Å²) in [7, 11) is 1.63. The summed E-state index contributed by atoms with van der Waals surface area (Å²) in [6.07, 6.45) is 0.883. The molecule has 2 aromatic rings. The summed E-state index contributed by atoms with van der Waals surface area (Å²) in [5.41, 5.74) is 5.77. The quantitative estimate of drug-likeness (QED) is 0.895. The van der Waals surface area contributed by atoms with Gasteiger partial charge in [-0.15, -0.1) is 0 Å². The lowest BCUT2D eigenvalue weighted by atomic mass is 9.84. The van der Waals surface area contributed by atoms with Gasteiger partial charge in [0.25, 0.3) is 0 Å². The van der Waals surface area contributed by atoms with Gasteiger partial charge in [-0.05, 0) is 22.8 Å². The molecule has 0 saturated carbocycles. The second kappa shape index (κ2) is 5.41. The van der Waals surface area contributed by atoms with E-state index in [0.29, 0.717) is 6.42 Å². The van der Waals surface area contributed by atoms with Crippen LogP contribution in [-0.4, -0.2) is 13.0 Å². The predicted octanol–water partition coefficient (Wildman–Crippen LogP) is 2.97. The predicted molar refractivity (Wildman–Crippen MR) is 76.7 cm³/mol. The molecule has 0 aliphatic heterocycles. The van der Waals surface area contributed by atoms with Crippen molar-refractivity contribution in [2.45, 2.75) is 25.4 Å². The van der Waals surface area contributed by atoms with E-state index in [0.717, 1.165) is 16.3 Å². The summed E-state index contributed by atoms with van der Waals surface area (Å²) in [5, 5.41) is 2.24. The Bertz CT molecular complexity index is 583. The fourth-order valence-corrected chi connectivity index (χ4v) is 2.64. The van der Waals surface area contributed by atoms with E-state index >= 15 is 0 Å². The van der Waals surface area contributed by atoms with Crippen LogP contribution in [0.4, 0.5) is 0 Å². The normalized spacial score (nSPS) is 14.2. The van der Waals surface area contributed by atoms with Gasteiger partial charge in [-0.2, -0.15) is 0 Å². The SMILES string of the molecule is CCC(CC(N)=O)(OC)c1cccc2ccccc12. The van der Waals surface area contributed by atoms with Gasteiger partial charge in [0.1, 0.15) is 5.60 Å². The van der Waals surface area contributed by atoms with Crippen LogP contribution in [0.2, 0.25) is 0 Å². The lowest BCUT2D eigenvalue weighted by Crippen LogP contribution is -2.33. The van der Waals surface area contributed by atoms with Gasteiger partial charge in [0.05, 0.1) is 6.42 Å². The maximum Gasteiger partial charge on any atom is 0.220 e. The summed E-state index contributed by atoms with van der Waals surface area (Å²) in [6.45, 7) is 2.01. The highest BCUT2D eigenvalue weighted by molar-refractivity contribution is 5.87. The number of carbonyl (C=O) groups excluding carboxylic acids is 1. The summed E-state index contributed by atoms with van der Waals surface area (Å²) in [6, 6.07) is 14.2. The maximum atomic E-state index is 11.4. The number of benzene rings is 2. The third-order valence-corrected chi connectivity index (χ3v) is 3.70. The van der Waals surface area contributed by atoms with Crippen molar-refractivity contribution in [2.24, 2.45) is 5.73 Å². The topological polar surface area (TPSA) is 52.3 Å². The third kappa shape index (κ3) is 2.47. The minimum absolute atomic E-state index is 0.188. The van der Waals surface area contributed by atoms with E-state index in [4.69, 9.17) is 10.5 Å². The van der Waals surface area contributed by atoms with E-state index in [1.165, 1.54) is 0 Å². The van der Waals surface area contributed by atoms with Crippen molar-refractivity contribution < 1.29 is 9.53 Å². The second-order valence-electron chi connectivity index (χ2n) is 4.72. The zero-order valence-corrected chi connectivity index (χ0v) is 11.3. The zero-order valence-electron chi connectivity index (χ0n) is 11.3. The van der Waals surface area contributed by atoms with E-state index in [2.05, 4.69) is 18.2 Å². The Morgan fingerprint density at radius 1 is 1.21 bits per heavy atom. The molecule has 0 heterocycles. The molecule has 1 unspecified atom stereocenters. The van der Waals surface area contributed by atoms with Crippen LogP contribution in [0.5, 0.6) is 0 Å². The summed E-state index contributed by atoms with van der Waals surface area (Å²) in [5.74, 6) is -0.350. The molecule has 0 aliphatic rings. The van der Waals surface area contributed by atoms with Crippen molar-refractivity contribution in [3.05, 3.63) is 48.0 Å². The van der Waals surface area contributed by atoms with Crippen LogP contribution in [0, 0.1) is 0 Å². The number of methoxy groups -OCH3 is 1. The second-order valence-corrected chi connectivity index (χ2v) is 4.72. The molecule has 100 valence electrons. The van der Waals surface area contributed by atoms with Crippen LogP contribution in [0.1, 0.15) is 25.3 Å². The first-order valence-corrected chi connectivity index (χ1v) is 6.44. The first kappa shape index (κ1) is 13.6. The molecule has 2 aromatic carbocycles. The summed E-state index contributed by atoms with van der Waals surface area (Å²) >= 11 is 0. The molecule has 0 bridgehead atoms. The number of fused-ring (bicyclic) bond motifs is 1. The van der Waals surface area contributed by atoms with Crippen molar-refractivity contribution >= 4 is 16.7 Å². The Morgan fingerprint density at radius 3 is 2.53 bits per heavy atom. The average molecular weight is 257 g/mol. The fourth-order valence-electron chi connectivity index (χ4n) is 2.64. The molecule has 3 nitrogen and oxygen atoms in total. The Labute approximate surface area is 113 Å². The van der Waals surface area contributed by atoms with Gasteiger partial charge < -0.3 is 10.5 Å². The lowest BCUT2D eigenvalue weighted by molar-refractivity contribution is -0.125. The summed E-state index contributed by atoms with van der Waals surface area (Å²) < 4.78 is 5.69. The molecule has 0 fully saturated rings. The van der Waals surface area contributed by atoms with Gasteiger partial charge in [0, 0.05) is 7.11 Å². The van der Waals surface area contributed by atoms with Crippen LogP contribution in [0.15, 0.2) is 42.5 Å². The van der Waals surface area contributed by atoms with Gasteiger partial charge in [0.2, 0.25) is 5.91 Å². The molecular weight excluding hydrogens is 238 g/mol. The fraction of sp³-hybridized carbons (Fsp3) is 0.312. The van der Waals surface area contributed by atoms with Gasteiger partial charge in [-0.25, -0.2) is 0 Å². The Balaban J connectivity index is 2.65. The minimum atomic E-state index is -0.646. The number of nitrogens with two attached hydrogens (primary N) is 1. The van der Waals surface area contributed by atoms with E-state index < -0.39 is 5.60 Å². The number of carbonyl (C=O) groups is 1. The van der Waals surface area contributed by atoms with Crippen LogP contribution in [0.25, 0.3) is 10.8 Å².